The quantitative estimate of drug-likeness (QED) is 0.305. The summed E-state index contributed by atoms with van der Waals surface area (Å²) in [5.41, 5.74) is 2.58. The lowest BCUT2D eigenvalue weighted by Crippen LogP contribution is -2.41. The highest BCUT2D eigenvalue weighted by Gasteiger charge is 2.17. The molecule has 36 heavy (non-hydrogen) atoms. The van der Waals surface area contributed by atoms with E-state index in [1.807, 2.05) is 61.5 Å². The molecule has 0 aliphatic rings. The standard InChI is InChI=1S/C29H26FN3O3/c1-21-10-12-24(13-11-21)32-29(35)33(19-18-31-28(34)22-6-5-7-23(30)20-22)25-14-16-27(17-15-25)36-26-8-3-2-4-9-26/h2-17,20H,18-19H2,1H3,(H,31,34)(H,32,35). The maximum Gasteiger partial charge on any atom is 0.326 e. The predicted octanol–water partition coefficient (Wildman–Crippen LogP) is 6.39. The summed E-state index contributed by atoms with van der Waals surface area (Å²) < 4.78 is 19.3. The number of anilines is 2. The van der Waals surface area contributed by atoms with Crippen molar-refractivity contribution in [2.45, 2.75) is 6.92 Å². The highest BCUT2D eigenvalue weighted by molar-refractivity contribution is 6.02. The Balaban J connectivity index is 1.47. The monoisotopic (exact) mass is 483 g/mol. The van der Waals surface area contributed by atoms with Gasteiger partial charge in [0.1, 0.15) is 17.3 Å². The number of nitrogens with one attached hydrogen (secondary N) is 2. The Labute approximate surface area is 209 Å². The summed E-state index contributed by atoms with van der Waals surface area (Å²) in [7, 11) is 0. The van der Waals surface area contributed by atoms with Crippen LogP contribution < -0.4 is 20.3 Å². The number of hydrogen-bond acceptors (Lipinski definition) is 3. The Morgan fingerprint density at radius 1 is 0.833 bits per heavy atom. The summed E-state index contributed by atoms with van der Waals surface area (Å²) in [6.07, 6.45) is 0. The first-order chi connectivity index (χ1) is 17.5. The zero-order valence-electron chi connectivity index (χ0n) is 19.8. The van der Waals surface area contributed by atoms with E-state index in [-0.39, 0.29) is 24.7 Å². The summed E-state index contributed by atoms with van der Waals surface area (Å²) in [6, 6.07) is 29.1. The van der Waals surface area contributed by atoms with E-state index in [2.05, 4.69) is 10.6 Å². The molecule has 0 saturated carbocycles. The molecule has 182 valence electrons. The second kappa shape index (κ2) is 11.7. The van der Waals surface area contributed by atoms with Gasteiger partial charge in [-0.25, -0.2) is 9.18 Å². The fourth-order valence-electron chi connectivity index (χ4n) is 3.51. The van der Waals surface area contributed by atoms with Gasteiger partial charge < -0.3 is 15.4 Å². The highest BCUT2D eigenvalue weighted by Crippen LogP contribution is 2.25. The van der Waals surface area contributed by atoms with Gasteiger partial charge in [-0.05, 0) is 73.7 Å². The Kier molecular flexibility index (Phi) is 7.93. The van der Waals surface area contributed by atoms with Crippen molar-refractivity contribution in [1.82, 2.24) is 5.32 Å². The van der Waals surface area contributed by atoms with E-state index in [0.29, 0.717) is 22.9 Å². The number of para-hydroxylation sites is 1. The van der Waals surface area contributed by atoms with E-state index in [9.17, 15) is 14.0 Å². The van der Waals surface area contributed by atoms with E-state index in [1.54, 1.807) is 24.3 Å². The van der Waals surface area contributed by atoms with E-state index < -0.39 is 11.7 Å². The van der Waals surface area contributed by atoms with Gasteiger partial charge in [0.15, 0.2) is 0 Å². The van der Waals surface area contributed by atoms with Crippen LogP contribution in [0, 0.1) is 12.7 Å². The van der Waals surface area contributed by atoms with Crippen molar-refractivity contribution >= 4 is 23.3 Å². The molecule has 0 fully saturated rings. The number of hydrogen-bond donors (Lipinski definition) is 2. The van der Waals surface area contributed by atoms with Crippen molar-refractivity contribution in [3.63, 3.8) is 0 Å². The predicted molar refractivity (Wildman–Crippen MR) is 139 cm³/mol. The molecule has 4 aromatic rings. The van der Waals surface area contributed by atoms with Crippen molar-refractivity contribution in [3.8, 4) is 11.5 Å². The van der Waals surface area contributed by atoms with E-state index in [4.69, 9.17) is 4.74 Å². The molecule has 0 heterocycles. The van der Waals surface area contributed by atoms with Gasteiger partial charge in [-0.2, -0.15) is 0 Å². The van der Waals surface area contributed by atoms with Crippen LogP contribution in [0.2, 0.25) is 0 Å². The van der Waals surface area contributed by atoms with Gasteiger partial charge in [0.2, 0.25) is 0 Å². The molecule has 0 atom stereocenters. The fourth-order valence-corrected chi connectivity index (χ4v) is 3.51. The zero-order valence-corrected chi connectivity index (χ0v) is 19.8. The summed E-state index contributed by atoms with van der Waals surface area (Å²) in [5, 5.41) is 5.64. The number of nitrogens with zero attached hydrogens (tertiary/aromatic N) is 1. The minimum atomic E-state index is -0.487. The number of carbonyl (C=O) groups excluding carboxylic acids is 2. The Bertz CT molecular complexity index is 1310. The molecule has 6 nitrogen and oxygen atoms in total. The van der Waals surface area contributed by atoms with E-state index in [0.717, 1.165) is 5.56 Å². The third kappa shape index (κ3) is 6.70. The first kappa shape index (κ1) is 24.5. The smallest absolute Gasteiger partial charge is 0.326 e. The van der Waals surface area contributed by atoms with Gasteiger partial charge in [0, 0.05) is 30.0 Å². The minimum absolute atomic E-state index is 0.166. The van der Waals surface area contributed by atoms with Gasteiger partial charge in [-0.15, -0.1) is 0 Å². The molecule has 3 amide bonds. The van der Waals surface area contributed by atoms with Gasteiger partial charge in [-0.1, -0.05) is 42.0 Å². The first-order valence-electron chi connectivity index (χ1n) is 11.5. The summed E-state index contributed by atoms with van der Waals surface area (Å²) in [6.45, 7) is 2.33. The van der Waals surface area contributed by atoms with Crippen LogP contribution in [0.4, 0.5) is 20.6 Å². The number of rotatable bonds is 8. The number of urea groups is 1. The van der Waals surface area contributed by atoms with Gasteiger partial charge >= 0.3 is 6.03 Å². The van der Waals surface area contributed by atoms with Crippen molar-refractivity contribution in [3.05, 3.63) is 120 Å². The maximum absolute atomic E-state index is 13.5. The lowest BCUT2D eigenvalue weighted by Gasteiger charge is -2.24. The van der Waals surface area contributed by atoms with Crippen LogP contribution in [0.15, 0.2) is 103 Å². The summed E-state index contributed by atoms with van der Waals surface area (Å²) in [5.74, 6) is 0.432. The molecule has 0 bridgehead atoms. The molecule has 0 aromatic heterocycles. The number of aryl methyl sites for hydroxylation is 1. The molecule has 0 aliphatic carbocycles. The summed E-state index contributed by atoms with van der Waals surface area (Å²) >= 11 is 0. The zero-order chi connectivity index (χ0) is 25.3. The van der Waals surface area contributed by atoms with Crippen molar-refractivity contribution in [2.24, 2.45) is 0 Å². The molecule has 4 rings (SSSR count). The largest absolute Gasteiger partial charge is 0.457 e. The molecule has 4 aromatic carbocycles. The van der Waals surface area contributed by atoms with Crippen LogP contribution in [-0.4, -0.2) is 25.0 Å². The van der Waals surface area contributed by atoms with Crippen molar-refractivity contribution in [2.75, 3.05) is 23.3 Å². The minimum Gasteiger partial charge on any atom is -0.457 e. The lowest BCUT2D eigenvalue weighted by atomic mass is 10.2. The normalized spacial score (nSPS) is 10.4. The average molecular weight is 484 g/mol. The summed E-state index contributed by atoms with van der Waals surface area (Å²) in [4.78, 5) is 27.1. The number of amides is 3. The topological polar surface area (TPSA) is 70.7 Å². The SMILES string of the molecule is Cc1ccc(NC(=O)N(CCNC(=O)c2cccc(F)c2)c2ccc(Oc3ccccc3)cc2)cc1. The van der Waals surface area contributed by atoms with Crippen molar-refractivity contribution in [1.29, 1.82) is 0 Å². The Hall–Kier alpha value is -4.65. The number of carbonyl (C=O) groups is 2. The van der Waals surface area contributed by atoms with Crippen molar-refractivity contribution < 1.29 is 18.7 Å². The fraction of sp³-hybridized carbons (Fsp3) is 0.103. The molecule has 0 radical (unpaired) electrons. The van der Waals surface area contributed by atoms with Gasteiger partial charge in [0.05, 0.1) is 0 Å². The molecular formula is C29H26FN3O3. The lowest BCUT2D eigenvalue weighted by molar-refractivity contribution is 0.0954. The number of halogens is 1. The second-order valence-corrected chi connectivity index (χ2v) is 8.12. The average Bonchev–Trinajstić information content (AvgIpc) is 2.89. The molecule has 0 saturated heterocycles. The second-order valence-electron chi connectivity index (χ2n) is 8.12. The molecule has 0 aliphatic heterocycles. The van der Waals surface area contributed by atoms with Gasteiger partial charge in [-0.3, -0.25) is 9.69 Å². The first-order valence-corrected chi connectivity index (χ1v) is 11.5. The molecule has 0 unspecified atom stereocenters. The van der Waals surface area contributed by atoms with Crippen LogP contribution in [-0.2, 0) is 0 Å². The van der Waals surface area contributed by atoms with Gasteiger partial charge in [0.25, 0.3) is 5.91 Å². The third-order valence-corrected chi connectivity index (χ3v) is 5.38. The number of benzene rings is 4. The number of ether oxygens (including phenoxy) is 1. The molecule has 2 N–H and O–H groups in total. The van der Waals surface area contributed by atoms with Crippen LogP contribution in [0.5, 0.6) is 11.5 Å². The van der Waals surface area contributed by atoms with E-state index >= 15 is 0 Å². The Morgan fingerprint density at radius 3 is 2.22 bits per heavy atom. The van der Waals surface area contributed by atoms with Crippen LogP contribution in [0.1, 0.15) is 15.9 Å². The Morgan fingerprint density at radius 2 is 1.53 bits per heavy atom. The van der Waals surface area contributed by atoms with Crippen LogP contribution in [0.3, 0.4) is 0 Å². The molecular weight excluding hydrogens is 457 g/mol. The molecule has 0 spiro atoms. The highest BCUT2D eigenvalue weighted by atomic mass is 19.1. The third-order valence-electron chi connectivity index (χ3n) is 5.38. The van der Waals surface area contributed by atoms with E-state index in [1.165, 1.54) is 29.2 Å². The maximum atomic E-state index is 13.5. The van der Waals surface area contributed by atoms with Crippen LogP contribution >= 0.6 is 0 Å². The molecule has 7 heteroatoms. The van der Waals surface area contributed by atoms with Crippen LogP contribution in [0.25, 0.3) is 0 Å².